The summed E-state index contributed by atoms with van der Waals surface area (Å²) in [6.45, 7) is 11.2. The highest BCUT2D eigenvalue weighted by molar-refractivity contribution is 8.20. The summed E-state index contributed by atoms with van der Waals surface area (Å²) in [7, 11) is 0. The van der Waals surface area contributed by atoms with Crippen LogP contribution in [-0.2, 0) is 11.2 Å². The second-order valence-corrected chi connectivity index (χ2v) is 14.3. The lowest BCUT2D eigenvalue weighted by Gasteiger charge is -2.52. The SMILES string of the molecule is CSc1cc2c(O)cc3c(c2cc1C)-c1ccc(CS(F)(F)F)cc1C31CC(C)(C)CC(C)(C)C1. The fourth-order valence-corrected chi connectivity index (χ4v) is 8.73. The Morgan fingerprint density at radius 2 is 1.54 bits per heavy atom. The summed E-state index contributed by atoms with van der Waals surface area (Å²) in [6, 6.07) is 11.5. The van der Waals surface area contributed by atoms with E-state index in [0.29, 0.717) is 5.56 Å². The van der Waals surface area contributed by atoms with E-state index in [4.69, 9.17) is 0 Å². The Hall–Kier alpha value is -1.79. The second-order valence-electron chi connectivity index (χ2n) is 12.2. The normalized spacial score (nSPS) is 20.1. The summed E-state index contributed by atoms with van der Waals surface area (Å²) in [5, 5.41) is 13.0. The molecule has 0 amide bonds. The minimum atomic E-state index is -5.15. The van der Waals surface area contributed by atoms with Crippen LogP contribution in [0.1, 0.15) is 69.2 Å². The number of aryl methyl sites for hydroxylation is 1. The summed E-state index contributed by atoms with van der Waals surface area (Å²) >= 11 is -3.50. The molecule has 0 aliphatic heterocycles. The van der Waals surface area contributed by atoms with Crippen molar-refractivity contribution in [1.82, 2.24) is 0 Å². The van der Waals surface area contributed by atoms with Crippen LogP contribution in [0.5, 0.6) is 5.75 Å². The van der Waals surface area contributed by atoms with Gasteiger partial charge in [0, 0.05) is 15.7 Å². The van der Waals surface area contributed by atoms with Crippen LogP contribution >= 0.6 is 22.9 Å². The van der Waals surface area contributed by atoms with Crippen molar-refractivity contribution in [2.45, 2.75) is 69.9 Å². The van der Waals surface area contributed by atoms with E-state index in [1.807, 2.05) is 30.5 Å². The first kappa shape index (κ1) is 24.9. The minimum Gasteiger partial charge on any atom is -0.507 e. The lowest BCUT2D eigenvalue weighted by Crippen LogP contribution is -2.44. The van der Waals surface area contributed by atoms with Crippen molar-refractivity contribution < 1.29 is 16.8 Å². The first-order valence-corrected chi connectivity index (χ1v) is 14.8. The van der Waals surface area contributed by atoms with Crippen LogP contribution < -0.4 is 0 Å². The number of aromatic hydroxyl groups is 1. The van der Waals surface area contributed by atoms with Crippen molar-refractivity contribution >= 4 is 33.7 Å². The number of phenolic OH excluding ortho intramolecular Hbond substituents is 1. The quantitative estimate of drug-likeness (QED) is 0.348. The molecule has 6 heteroatoms. The smallest absolute Gasteiger partial charge is 0.213 e. The van der Waals surface area contributed by atoms with Gasteiger partial charge >= 0.3 is 0 Å². The molecule has 3 aromatic rings. The molecule has 1 saturated carbocycles. The Morgan fingerprint density at radius 3 is 2.14 bits per heavy atom. The summed E-state index contributed by atoms with van der Waals surface area (Å²) in [6.07, 6.45) is 4.77. The molecule has 0 radical (unpaired) electrons. The molecular formula is C29H33F3OS2. The molecule has 0 bridgehead atoms. The number of hydrogen-bond acceptors (Lipinski definition) is 2. The molecule has 1 N–H and O–H groups in total. The highest BCUT2D eigenvalue weighted by Crippen LogP contribution is 2.65. The molecule has 3 aromatic carbocycles. The third-order valence-corrected chi connectivity index (χ3v) is 9.40. The van der Waals surface area contributed by atoms with Crippen molar-refractivity contribution in [2.75, 3.05) is 6.26 Å². The summed E-state index contributed by atoms with van der Waals surface area (Å²) in [5.41, 5.74) is 5.27. The maximum Gasteiger partial charge on any atom is 0.213 e. The number of hydrogen-bond donors (Lipinski definition) is 1. The lowest BCUT2D eigenvalue weighted by atomic mass is 9.52. The van der Waals surface area contributed by atoms with E-state index in [-0.39, 0.29) is 16.6 Å². The Balaban J connectivity index is 1.87. The van der Waals surface area contributed by atoms with E-state index in [0.717, 1.165) is 62.7 Å². The van der Waals surface area contributed by atoms with E-state index in [2.05, 4.69) is 40.7 Å². The first-order valence-electron chi connectivity index (χ1n) is 12.0. The molecule has 0 saturated heterocycles. The van der Waals surface area contributed by atoms with Crippen LogP contribution in [0.25, 0.3) is 21.9 Å². The van der Waals surface area contributed by atoms with Gasteiger partial charge in [-0.2, -0.15) is 0 Å². The van der Waals surface area contributed by atoms with Gasteiger partial charge in [0.05, 0.1) is 5.75 Å². The lowest BCUT2D eigenvalue weighted by molar-refractivity contribution is 0.0645. The Labute approximate surface area is 212 Å². The van der Waals surface area contributed by atoms with Gasteiger partial charge in [-0.05, 0) is 100 Å². The molecular weight excluding hydrogens is 485 g/mol. The fourth-order valence-electron chi connectivity index (χ4n) is 7.55. The zero-order valence-corrected chi connectivity index (χ0v) is 22.8. The number of benzene rings is 3. The predicted molar refractivity (Wildman–Crippen MR) is 144 cm³/mol. The van der Waals surface area contributed by atoms with Crippen molar-refractivity contribution in [3.05, 3.63) is 58.7 Å². The number of phenols is 1. The van der Waals surface area contributed by atoms with Crippen LogP contribution in [0.15, 0.2) is 41.3 Å². The third kappa shape index (κ3) is 4.15. The van der Waals surface area contributed by atoms with Crippen molar-refractivity contribution in [1.29, 1.82) is 0 Å². The van der Waals surface area contributed by atoms with Crippen molar-refractivity contribution in [3.8, 4) is 16.9 Å². The third-order valence-electron chi connectivity index (χ3n) is 7.86. The van der Waals surface area contributed by atoms with E-state index in [1.54, 1.807) is 17.8 Å². The van der Waals surface area contributed by atoms with E-state index in [1.165, 1.54) is 0 Å². The number of fused-ring (bicyclic) bond motifs is 7. The van der Waals surface area contributed by atoms with Gasteiger partial charge in [-0.15, -0.1) is 23.4 Å². The first-order chi connectivity index (χ1) is 16.1. The number of thioether (sulfide) groups is 1. The molecule has 1 spiro atoms. The standard InChI is InChI=1S/C29H33F3OS2/c1-17-9-21-20(11-25(17)34-6)24(33)12-23-26(21)19-8-7-18(13-35(30,31)32)10-22(19)29(23)15-27(2,3)14-28(4,5)16-29/h7-12,33H,13-16H2,1-6H3. The topological polar surface area (TPSA) is 20.2 Å². The maximum atomic E-state index is 13.5. The van der Waals surface area contributed by atoms with Gasteiger partial charge in [0.1, 0.15) is 5.75 Å². The molecule has 5 rings (SSSR count). The van der Waals surface area contributed by atoms with Crippen molar-refractivity contribution in [2.24, 2.45) is 10.8 Å². The summed E-state index contributed by atoms with van der Waals surface area (Å²) in [4.78, 5) is 1.11. The van der Waals surface area contributed by atoms with Crippen LogP contribution in [0, 0.1) is 17.8 Å². The van der Waals surface area contributed by atoms with E-state index < -0.39 is 22.4 Å². The van der Waals surface area contributed by atoms with Crippen LogP contribution in [0.3, 0.4) is 0 Å². The molecule has 35 heavy (non-hydrogen) atoms. The zero-order chi connectivity index (χ0) is 25.6. The van der Waals surface area contributed by atoms with Crippen LogP contribution in [-0.4, -0.2) is 11.4 Å². The molecule has 0 aromatic heterocycles. The fraction of sp³-hybridized carbons (Fsp3) is 0.448. The molecule has 1 nitrogen and oxygen atoms in total. The molecule has 188 valence electrons. The van der Waals surface area contributed by atoms with Gasteiger partial charge in [-0.3, -0.25) is 0 Å². The Morgan fingerprint density at radius 1 is 0.886 bits per heavy atom. The highest BCUT2D eigenvalue weighted by atomic mass is 32.3. The molecule has 1 fully saturated rings. The predicted octanol–water partition coefficient (Wildman–Crippen LogP) is 10.0. The Bertz CT molecular complexity index is 1340. The zero-order valence-electron chi connectivity index (χ0n) is 21.2. The summed E-state index contributed by atoms with van der Waals surface area (Å²) < 4.78 is 40.4. The molecule has 2 aliphatic carbocycles. The monoisotopic (exact) mass is 518 g/mol. The number of rotatable bonds is 3. The average Bonchev–Trinajstić information content (AvgIpc) is 2.92. The Kier molecular flexibility index (Phi) is 5.58. The molecule has 0 unspecified atom stereocenters. The summed E-state index contributed by atoms with van der Waals surface area (Å²) in [5.74, 6) is -0.593. The van der Waals surface area contributed by atoms with Crippen molar-refractivity contribution in [3.63, 3.8) is 0 Å². The molecule has 0 heterocycles. The van der Waals surface area contributed by atoms with Gasteiger partial charge < -0.3 is 5.11 Å². The number of halogens is 3. The van der Waals surface area contributed by atoms with Gasteiger partial charge in [0.25, 0.3) is 0 Å². The van der Waals surface area contributed by atoms with E-state index >= 15 is 0 Å². The second kappa shape index (κ2) is 7.85. The highest BCUT2D eigenvalue weighted by Gasteiger charge is 2.54. The molecule has 2 aliphatic rings. The van der Waals surface area contributed by atoms with Crippen LogP contribution in [0.4, 0.5) is 11.7 Å². The van der Waals surface area contributed by atoms with Gasteiger partial charge in [0.15, 0.2) is 0 Å². The van der Waals surface area contributed by atoms with Gasteiger partial charge in [-0.25, -0.2) is 0 Å². The van der Waals surface area contributed by atoms with E-state index in [9.17, 15) is 16.8 Å². The minimum absolute atomic E-state index is 0.00904. The van der Waals surface area contributed by atoms with Gasteiger partial charge in [0.2, 0.25) is 11.2 Å². The molecule has 0 atom stereocenters. The maximum absolute atomic E-state index is 13.5. The largest absolute Gasteiger partial charge is 0.507 e. The average molecular weight is 519 g/mol. The van der Waals surface area contributed by atoms with Crippen LogP contribution in [0.2, 0.25) is 0 Å². The van der Waals surface area contributed by atoms with Gasteiger partial charge in [-0.1, -0.05) is 45.9 Å².